The highest BCUT2D eigenvalue weighted by atomic mass is 35.5. The average molecular weight is 426 g/mol. The van der Waals surface area contributed by atoms with Crippen LogP contribution in [0.15, 0.2) is 42.5 Å². The highest BCUT2D eigenvalue weighted by Gasteiger charge is 2.36. The Morgan fingerprint density at radius 3 is 2.53 bits per heavy atom. The van der Waals surface area contributed by atoms with Crippen LogP contribution in [0.4, 0.5) is 0 Å². The lowest BCUT2D eigenvalue weighted by atomic mass is 10.1. The topological polar surface area (TPSA) is 69.7 Å². The lowest BCUT2D eigenvalue weighted by Crippen LogP contribution is -2.43. The normalized spacial score (nSPS) is 17.3. The number of nitrogens with one attached hydrogen (secondary N) is 1. The molecule has 2 aliphatic heterocycles. The van der Waals surface area contributed by atoms with Crippen molar-refractivity contribution in [1.29, 1.82) is 0 Å². The number of halogens is 1. The summed E-state index contributed by atoms with van der Waals surface area (Å²) in [5.74, 6) is -1.19. The Morgan fingerprint density at radius 2 is 1.80 bits per heavy atom. The van der Waals surface area contributed by atoms with Crippen LogP contribution in [0.5, 0.6) is 0 Å². The average Bonchev–Trinajstić information content (AvgIpc) is 3.32. The van der Waals surface area contributed by atoms with Gasteiger partial charge in [0.15, 0.2) is 0 Å². The molecule has 2 aliphatic rings. The number of carbonyl (C=O) groups excluding carboxylic acids is 3. The van der Waals surface area contributed by atoms with Crippen LogP contribution < -0.4 is 5.32 Å². The number of rotatable bonds is 6. The number of fused-ring (bicyclic) bond motifs is 1. The van der Waals surface area contributed by atoms with Gasteiger partial charge < -0.3 is 5.32 Å². The van der Waals surface area contributed by atoms with E-state index >= 15 is 0 Å². The summed E-state index contributed by atoms with van der Waals surface area (Å²) in [6, 6.07) is 12.8. The van der Waals surface area contributed by atoms with Crippen LogP contribution in [0.25, 0.3) is 0 Å². The largest absolute Gasteiger partial charge is 0.353 e. The Kier molecular flexibility index (Phi) is 5.88. The number of hydrogen-bond donors (Lipinski definition) is 1. The van der Waals surface area contributed by atoms with E-state index in [-0.39, 0.29) is 18.5 Å². The maximum absolute atomic E-state index is 12.6. The molecule has 6 nitrogen and oxygen atoms in total. The van der Waals surface area contributed by atoms with Crippen molar-refractivity contribution in [2.45, 2.75) is 25.8 Å². The molecule has 0 aliphatic carbocycles. The third-order valence-corrected chi connectivity index (χ3v) is 5.97. The predicted molar refractivity (Wildman–Crippen MR) is 115 cm³/mol. The molecule has 2 aromatic rings. The Morgan fingerprint density at radius 1 is 1.07 bits per heavy atom. The van der Waals surface area contributed by atoms with E-state index in [1.165, 1.54) is 0 Å². The van der Waals surface area contributed by atoms with Gasteiger partial charge in [-0.2, -0.15) is 0 Å². The minimum absolute atomic E-state index is 0.0000204. The number of imide groups is 1. The fourth-order valence-corrected chi connectivity index (χ4v) is 4.38. The van der Waals surface area contributed by atoms with Crippen molar-refractivity contribution in [3.63, 3.8) is 0 Å². The van der Waals surface area contributed by atoms with E-state index < -0.39 is 11.8 Å². The first-order chi connectivity index (χ1) is 14.4. The number of carbonyl (C=O) groups is 3. The number of nitrogens with zero attached hydrogens (tertiary/aromatic N) is 2. The summed E-state index contributed by atoms with van der Waals surface area (Å²) in [7, 11) is 0. The van der Waals surface area contributed by atoms with Crippen molar-refractivity contribution in [3.8, 4) is 0 Å². The molecule has 0 radical (unpaired) electrons. The van der Waals surface area contributed by atoms with Gasteiger partial charge in [0.1, 0.15) is 6.54 Å². The summed E-state index contributed by atoms with van der Waals surface area (Å²) in [5, 5.41) is 3.57. The van der Waals surface area contributed by atoms with E-state index in [0.717, 1.165) is 42.0 Å². The van der Waals surface area contributed by atoms with Gasteiger partial charge >= 0.3 is 0 Å². The molecule has 2 aromatic carbocycles. The molecule has 2 heterocycles. The smallest absolute Gasteiger partial charge is 0.262 e. The number of likely N-dealkylation sites (tertiary alicyclic amines) is 1. The SMILES string of the molecule is Cc1ccc2c(c1)C(=O)N(CC(=O)NCC(c1cccc(Cl)c1)N1CCCC1)C2=O. The molecule has 1 atom stereocenters. The fourth-order valence-electron chi connectivity index (χ4n) is 4.18. The second-order valence-electron chi connectivity index (χ2n) is 7.86. The molecule has 1 unspecified atom stereocenters. The maximum atomic E-state index is 12.6. The van der Waals surface area contributed by atoms with Crippen LogP contribution in [-0.2, 0) is 4.79 Å². The Balaban J connectivity index is 1.43. The first-order valence-corrected chi connectivity index (χ1v) is 10.5. The quantitative estimate of drug-likeness (QED) is 0.721. The summed E-state index contributed by atoms with van der Waals surface area (Å²) in [5.41, 5.74) is 2.66. The minimum atomic E-state index is -0.420. The number of hydrogen-bond acceptors (Lipinski definition) is 4. The molecule has 0 saturated carbocycles. The number of benzene rings is 2. The van der Waals surface area contributed by atoms with Crippen LogP contribution in [0.3, 0.4) is 0 Å². The first-order valence-electron chi connectivity index (χ1n) is 10.2. The van der Waals surface area contributed by atoms with Gasteiger partial charge in [-0.3, -0.25) is 24.2 Å². The first kappa shape index (κ1) is 20.6. The highest BCUT2D eigenvalue weighted by molar-refractivity contribution is 6.30. The molecule has 1 saturated heterocycles. The van der Waals surface area contributed by atoms with Gasteiger partial charge in [0.05, 0.1) is 17.2 Å². The van der Waals surface area contributed by atoms with Crippen LogP contribution >= 0.6 is 11.6 Å². The zero-order chi connectivity index (χ0) is 21.3. The predicted octanol–water partition coefficient (Wildman–Crippen LogP) is 3.20. The highest BCUT2D eigenvalue weighted by Crippen LogP contribution is 2.27. The van der Waals surface area contributed by atoms with Crippen molar-refractivity contribution in [3.05, 3.63) is 69.7 Å². The van der Waals surface area contributed by atoms with E-state index in [1.807, 2.05) is 31.2 Å². The molecule has 0 bridgehead atoms. The lowest BCUT2D eigenvalue weighted by molar-refractivity contribution is -0.121. The van der Waals surface area contributed by atoms with Gasteiger partial charge in [0.25, 0.3) is 11.8 Å². The van der Waals surface area contributed by atoms with E-state index in [9.17, 15) is 14.4 Å². The molecule has 1 fully saturated rings. The molecule has 30 heavy (non-hydrogen) atoms. The van der Waals surface area contributed by atoms with Crippen molar-refractivity contribution >= 4 is 29.3 Å². The van der Waals surface area contributed by atoms with Crippen molar-refractivity contribution in [1.82, 2.24) is 15.1 Å². The van der Waals surface area contributed by atoms with E-state index in [1.54, 1.807) is 18.2 Å². The third-order valence-electron chi connectivity index (χ3n) is 5.74. The van der Waals surface area contributed by atoms with E-state index in [2.05, 4.69) is 10.2 Å². The summed E-state index contributed by atoms with van der Waals surface area (Å²) in [6.07, 6.45) is 2.25. The van der Waals surface area contributed by atoms with Gasteiger partial charge in [-0.25, -0.2) is 0 Å². The number of aryl methyl sites for hydroxylation is 1. The maximum Gasteiger partial charge on any atom is 0.262 e. The Bertz CT molecular complexity index is 1000. The molecule has 3 amide bonds. The summed E-state index contributed by atoms with van der Waals surface area (Å²) < 4.78 is 0. The molecule has 0 spiro atoms. The van der Waals surface area contributed by atoms with Gasteiger partial charge in [0, 0.05) is 11.6 Å². The Hall–Kier alpha value is -2.70. The number of amides is 3. The van der Waals surface area contributed by atoms with Gasteiger partial charge in [-0.05, 0) is 62.7 Å². The molecule has 7 heteroatoms. The van der Waals surface area contributed by atoms with E-state index in [0.29, 0.717) is 22.7 Å². The van der Waals surface area contributed by atoms with Crippen LogP contribution in [-0.4, -0.2) is 53.7 Å². The zero-order valence-corrected chi connectivity index (χ0v) is 17.6. The lowest BCUT2D eigenvalue weighted by Gasteiger charge is -2.28. The van der Waals surface area contributed by atoms with Crippen LogP contribution in [0.2, 0.25) is 5.02 Å². The van der Waals surface area contributed by atoms with Gasteiger partial charge in [0.2, 0.25) is 5.91 Å². The second-order valence-corrected chi connectivity index (χ2v) is 8.30. The van der Waals surface area contributed by atoms with Crippen molar-refractivity contribution in [2.75, 3.05) is 26.2 Å². The Labute approximate surface area is 180 Å². The molecule has 0 aromatic heterocycles. The fraction of sp³-hybridized carbons (Fsp3) is 0.348. The minimum Gasteiger partial charge on any atom is -0.353 e. The summed E-state index contributed by atoms with van der Waals surface area (Å²) in [6.45, 7) is 3.90. The summed E-state index contributed by atoms with van der Waals surface area (Å²) >= 11 is 6.17. The van der Waals surface area contributed by atoms with Gasteiger partial charge in [-0.1, -0.05) is 35.4 Å². The monoisotopic (exact) mass is 425 g/mol. The molecular weight excluding hydrogens is 402 g/mol. The van der Waals surface area contributed by atoms with Crippen molar-refractivity contribution < 1.29 is 14.4 Å². The van der Waals surface area contributed by atoms with Crippen molar-refractivity contribution in [2.24, 2.45) is 0 Å². The summed E-state index contributed by atoms with van der Waals surface area (Å²) in [4.78, 5) is 41.1. The van der Waals surface area contributed by atoms with Crippen LogP contribution in [0.1, 0.15) is 50.7 Å². The third kappa shape index (κ3) is 4.11. The molecular formula is C23H24ClN3O3. The molecule has 156 valence electrons. The van der Waals surface area contributed by atoms with Gasteiger partial charge in [-0.15, -0.1) is 0 Å². The standard InChI is InChI=1S/C23H24ClN3O3/c1-15-7-8-18-19(11-15)23(30)27(22(18)29)14-21(28)25-13-20(26-9-2-3-10-26)16-5-4-6-17(24)12-16/h4-8,11-12,20H,2-3,9-10,13-14H2,1H3,(H,25,28). The molecule has 1 N–H and O–H groups in total. The van der Waals surface area contributed by atoms with Crippen LogP contribution in [0, 0.1) is 6.92 Å². The zero-order valence-electron chi connectivity index (χ0n) is 16.9. The molecule has 4 rings (SSSR count). The second kappa shape index (κ2) is 8.58. The van der Waals surface area contributed by atoms with E-state index in [4.69, 9.17) is 11.6 Å².